The van der Waals surface area contributed by atoms with Gasteiger partial charge >= 0.3 is 0 Å². The number of benzene rings is 1. The minimum atomic E-state index is 0.196. The fourth-order valence-corrected chi connectivity index (χ4v) is 1.27. The highest BCUT2D eigenvalue weighted by atomic mass is 16.5. The molecule has 0 atom stereocenters. The van der Waals surface area contributed by atoms with E-state index in [1.54, 1.807) is 13.2 Å². The summed E-state index contributed by atoms with van der Waals surface area (Å²) >= 11 is 0. The van der Waals surface area contributed by atoms with Crippen LogP contribution >= 0.6 is 0 Å². The maximum atomic E-state index is 9.46. The van der Waals surface area contributed by atoms with Gasteiger partial charge in [0.1, 0.15) is 0 Å². The molecule has 72 valence electrons. The van der Waals surface area contributed by atoms with E-state index in [1.807, 2.05) is 31.1 Å². The number of phenolic OH excluding ortho intramolecular Hbond substituents is 1. The predicted octanol–water partition coefficient (Wildman–Crippen LogP) is 1.46. The predicted molar refractivity (Wildman–Crippen MR) is 52.0 cm³/mol. The molecule has 0 aromatic heterocycles. The molecule has 0 aliphatic rings. The van der Waals surface area contributed by atoms with E-state index in [2.05, 4.69) is 0 Å². The lowest BCUT2D eigenvalue weighted by atomic mass is 10.2. The molecule has 1 aromatic carbocycles. The van der Waals surface area contributed by atoms with Crippen LogP contribution in [0.4, 0.5) is 0 Å². The van der Waals surface area contributed by atoms with Crippen LogP contribution < -0.4 is 4.74 Å². The van der Waals surface area contributed by atoms with Gasteiger partial charge in [-0.1, -0.05) is 12.1 Å². The fourth-order valence-electron chi connectivity index (χ4n) is 1.27. The Morgan fingerprint density at radius 3 is 2.62 bits per heavy atom. The molecule has 1 rings (SSSR count). The van der Waals surface area contributed by atoms with Crippen LogP contribution in [0.1, 0.15) is 5.56 Å². The summed E-state index contributed by atoms with van der Waals surface area (Å²) in [6.07, 6.45) is 0. The van der Waals surface area contributed by atoms with E-state index in [0.717, 1.165) is 12.1 Å². The van der Waals surface area contributed by atoms with Gasteiger partial charge in [-0.25, -0.2) is 0 Å². The second-order valence-corrected chi connectivity index (χ2v) is 3.21. The number of aromatic hydroxyl groups is 1. The lowest BCUT2D eigenvalue weighted by molar-refractivity contribution is 0.350. The van der Waals surface area contributed by atoms with Crippen molar-refractivity contribution in [2.75, 3.05) is 21.2 Å². The van der Waals surface area contributed by atoms with Gasteiger partial charge in [0.15, 0.2) is 11.5 Å². The number of nitrogens with zero attached hydrogens (tertiary/aromatic N) is 1. The van der Waals surface area contributed by atoms with Crippen LogP contribution in [0, 0.1) is 0 Å². The average Bonchev–Trinajstić information content (AvgIpc) is 2.03. The summed E-state index contributed by atoms with van der Waals surface area (Å²) in [6, 6.07) is 5.38. The van der Waals surface area contributed by atoms with Crippen molar-refractivity contribution in [3.8, 4) is 11.5 Å². The highest BCUT2D eigenvalue weighted by Crippen LogP contribution is 2.29. The van der Waals surface area contributed by atoms with Crippen molar-refractivity contribution in [2.24, 2.45) is 0 Å². The van der Waals surface area contributed by atoms with E-state index in [-0.39, 0.29) is 5.75 Å². The van der Waals surface area contributed by atoms with Gasteiger partial charge in [0.2, 0.25) is 0 Å². The van der Waals surface area contributed by atoms with E-state index in [1.165, 1.54) is 0 Å². The summed E-state index contributed by atoms with van der Waals surface area (Å²) in [5.41, 5.74) is 0.993. The third-order valence-corrected chi connectivity index (χ3v) is 1.77. The molecule has 1 N–H and O–H groups in total. The van der Waals surface area contributed by atoms with Crippen molar-refractivity contribution in [1.82, 2.24) is 4.90 Å². The summed E-state index contributed by atoms with van der Waals surface area (Å²) in [6.45, 7) is 0.761. The van der Waals surface area contributed by atoms with Gasteiger partial charge in [0.25, 0.3) is 0 Å². The SMILES string of the molecule is COc1c(O)cccc1CN(C)C. The number of ether oxygens (including phenoxy) is 1. The monoisotopic (exact) mass is 181 g/mol. The van der Waals surface area contributed by atoms with Gasteiger partial charge in [0.05, 0.1) is 7.11 Å². The molecular weight excluding hydrogens is 166 g/mol. The van der Waals surface area contributed by atoms with Crippen molar-refractivity contribution in [3.05, 3.63) is 23.8 Å². The molecule has 0 aliphatic heterocycles. The molecule has 0 spiro atoms. The Morgan fingerprint density at radius 1 is 1.38 bits per heavy atom. The van der Waals surface area contributed by atoms with Crippen LogP contribution in [-0.2, 0) is 6.54 Å². The highest BCUT2D eigenvalue weighted by molar-refractivity contribution is 5.45. The quantitative estimate of drug-likeness (QED) is 0.766. The van der Waals surface area contributed by atoms with Crippen molar-refractivity contribution < 1.29 is 9.84 Å². The molecule has 3 heteroatoms. The molecule has 0 radical (unpaired) electrons. The molecule has 13 heavy (non-hydrogen) atoms. The van der Waals surface area contributed by atoms with Crippen LogP contribution in [0.3, 0.4) is 0 Å². The Balaban J connectivity index is 2.98. The van der Waals surface area contributed by atoms with Gasteiger partial charge in [-0.15, -0.1) is 0 Å². The largest absolute Gasteiger partial charge is 0.504 e. The van der Waals surface area contributed by atoms with Crippen LogP contribution in [0.5, 0.6) is 11.5 Å². The lowest BCUT2D eigenvalue weighted by Crippen LogP contribution is -2.11. The van der Waals surface area contributed by atoms with Gasteiger partial charge in [-0.05, 0) is 20.2 Å². The molecule has 0 heterocycles. The first kappa shape index (κ1) is 9.86. The Hall–Kier alpha value is -1.22. The second kappa shape index (κ2) is 4.14. The maximum Gasteiger partial charge on any atom is 0.164 e. The lowest BCUT2D eigenvalue weighted by Gasteiger charge is -2.13. The first-order valence-corrected chi connectivity index (χ1v) is 4.14. The molecule has 0 saturated carbocycles. The summed E-state index contributed by atoms with van der Waals surface area (Å²) in [4.78, 5) is 2.03. The van der Waals surface area contributed by atoms with Crippen LogP contribution in [0.2, 0.25) is 0 Å². The molecule has 0 saturated heterocycles. The Bertz CT molecular complexity index is 284. The molecule has 0 bridgehead atoms. The number of hydrogen-bond acceptors (Lipinski definition) is 3. The van der Waals surface area contributed by atoms with Crippen LogP contribution in [-0.4, -0.2) is 31.2 Å². The molecular formula is C10H15NO2. The Labute approximate surface area is 78.6 Å². The first-order chi connectivity index (χ1) is 6.15. The number of hydrogen-bond donors (Lipinski definition) is 1. The second-order valence-electron chi connectivity index (χ2n) is 3.21. The first-order valence-electron chi connectivity index (χ1n) is 4.14. The average molecular weight is 181 g/mol. The number of phenols is 1. The molecule has 3 nitrogen and oxygen atoms in total. The smallest absolute Gasteiger partial charge is 0.164 e. The van der Waals surface area contributed by atoms with Gasteiger partial charge < -0.3 is 14.7 Å². The molecule has 0 fully saturated rings. The van der Waals surface area contributed by atoms with Crippen molar-refractivity contribution >= 4 is 0 Å². The summed E-state index contributed by atoms with van der Waals surface area (Å²) in [5.74, 6) is 0.762. The number of para-hydroxylation sites is 1. The van der Waals surface area contributed by atoms with Crippen molar-refractivity contribution in [1.29, 1.82) is 0 Å². The molecule has 1 aromatic rings. The Morgan fingerprint density at radius 2 is 2.08 bits per heavy atom. The topological polar surface area (TPSA) is 32.7 Å². The maximum absolute atomic E-state index is 9.46. The summed E-state index contributed by atoms with van der Waals surface area (Å²) in [7, 11) is 5.52. The summed E-state index contributed by atoms with van der Waals surface area (Å²) in [5, 5.41) is 9.46. The standard InChI is InChI=1S/C10H15NO2/c1-11(2)7-8-5-4-6-9(12)10(8)13-3/h4-6,12H,7H2,1-3H3. The zero-order valence-corrected chi connectivity index (χ0v) is 8.24. The van der Waals surface area contributed by atoms with Crippen molar-refractivity contribution in [2.45, 2.75) is 6.54 Å². The van der Waals surface area contributed by atoms with E-state index >= 15 is 0 Å². The van der Waals surface area contributed by atoms with Gasteiger partial charge in [0, 0.05) is 12.1 Å². The third-order valence-electron chi connectivity index (χ3n) is 1.77. The third kappa shape index (κ3) is 2.36. The van der Waals surface area contributed by atoms with E-state index in [4.69, 9.17) is 4.74 Å². The fraction of sp³-hybridized carbons (Fsp3) is 0.400. The van der Waals surface area contributed by atoms with Gasteiger partial charge in [-0.3, -0.25) is 0 Å². The minimum absolute atomic E-state index is 0.196. The molecule has 0 aliphatic carbocycles. The molecule has 0 unspecified atom stereocenters. The van der Waals surface area contributed by atoms with Crippen molar-refractivity contribution in [3.63, 3.8) is 0 Å². The zero-order valence-electron chi connectivity index (χ0n) is 8.24. The minimum Gasteiger partial charge on any atom is -0.504 e. The van der Waals surface area contributed by atoms with E-state index in [0.29, 0.717) is 5.75 Å². The van der Waals surface area contributed by atoms with Gasteiger partial charge in [-0.2, -0.15) is 0 Å². The van der Waals surface area contributed by atoms with Crippen LogP contribution in [0.15, 0.2) is 18.2 Å². The summed E-state index contributed by atoms with van der Waals surface area (Å²) < 4.78 is 5.10. The molecule has 0 amide bonds. The highest BCUT2D eigenvalue weighted by Gasteiger charge is 2.07. The van der Waals surface area contributed by atoms with E-state index < -0.39 is 0 Å². The normalized spacial score (nSPS) is 10.5. The van der Waals surface area contributed by atoms with E-state index in [9.17, 15) is 5.11 Å². The van der Waals surface area contributed by atoms with Crippen LogP contribution in [0.25, 0.3) is 0 Å². The number of rotatable bonds is 3. The zero-order chi connectivity index (χ0) is 9.84. The Kier molecular flexibility index (Phi) is 3.14. The number of methoxy groups -OCH3 is 1.